The molecule has 5 nitrogen and oxygen atoms in total. The summed E-state index contributed by atoms with van der Waals surface area (Å²) in [7, 11) is 0. The standard InChI is InChI=1S/C11H11NO4/c13-8-1-2-9-6(4-8)3-7(12-9)5-10(14)11(15)16/h1-2,4,7,12-13H,3,5H2,(H,15,16). The number of rotatable bonds is 3. The van der Waals surface area contributed by atoms with Crippen LogP contribution in [0.1, 0.15) is 12.0 Å². The van der Waals surface area contributed by atoms with E-state index in [0.717, 1.165) is 11.3 Å². The normalized spacial score (nSPS) is 17.6. The Hall–Kier alpha value is -2.04. The van der Waals surface area contributed by atoms with Gasteiger partial charge in [-0.05, 0) is 30.2 Å². The van der Waals surface area contributed by atoms with Gasteiger partial charge in [-0.25, -0.2) is 4.79 Å². The molecule has 5 heteroatoms. The lowest BCUT2D eigenvalue weighted by atomic mass is 10.1. The number of aliphatic carboxylic acids is 1. The second-order valence-corrected chi connectivity index (χ2v) is 3.82. The van der Waals surface area contributed by atoms with E-state index in [1.165, 1.54) is 0 Å². The molecule has 1 heterocycles. The van der Waals surface area contributed by atoms with Crippen LogP contribution in [-0.2, 0) is 16.0 Å². The predicted octanol–water partition coefficient (Wildman–Crippen LogP) is 0.773. The van der Waals surface area contributed by atoms with E-state index in [0.29, 0.717) is 6.42 Å². The average molecular weight is 221 g/mol. The van der Waals surface area contributed by atoms with Crippen LogP contribution in [0.5, 0.6) is 5.75 Å². The Bertz CT molecular complexity index is 455. The molecule has 0 saturated carbocycles. The van der Waals surface area contributed by atoms with Crippen molar-refractivity contribution >= 4 is 17.4 Å². The number of carbonyl (C=O) groups is 2. The molecule has 0 aromatic heterocycles. The highest BCUT2D eigenvalue weighted by atomic mass is 16.4. The number of anilines is 1. The number of nitrogens with one attached hydrogen (secondary N) is 1. The molecule has 1 unspecified atom stereocenters. The molecule has 1 aromatic carbocycles. The van der Waals surface area contributed by atoms with Gasteiger partial charge in [-0.2, -0.15) is 0 Å². The van der Waals surface area contributed by atoms with Gasteiger partial charge in [0.2, 0.25) is 5.78 Å². The molecule has 3 N–H and O–H groups in total. The first-order chi connectivity index (χ1) is 7.56. The van der Waals surface area contributed by atoms with Gasteiger partial charge in [0, 0.05) is 18.2 Å². The molecule has 0 aliphatic carbocycles. The van der Waals surface area contributed by atoms with E-state index in [1.807, 2.05) is 0 Å². The Morgan fingerprint density at radius 2 is 2.19 bits per heavy atom. The summed E-state index contributed by atoms with van der Waals surface area (Å²) < 4.78 is 0. The quantitative estimate of drug-likeness (QED) is 0.518. The molecule has 0 radical (unpaired) electrons. The summed E-state index contributed by atoms with van der Waals surface area (Å²) in [6, 6.07) is 4.69. The SMILES string of the molecule is O=C(O)C(=O)CC1Cc2cc(O)ccc2N1. The topological polar surface area (TPSA) is 86.6 Å². The van der Waals surface area contributed by atoms with Gasteiger partial charge >= 0.3 is 5.97 Å². The van der Waals surface area contributed by atoms with Crippen LogP contribution in [0.2, 0.25) is 0 Å². The molecule has 0 bridgehead atoms. The highest BCUT2D eigenvalue weighted by Gasteiger charge is 2.25. The minimum absolute atomic E-state index is 0.0369. The fourth-order valence-corrected chi connectivity index (χ4v) is 1.86. The summed E-state index contributed by atoms with van der Waals surface area (Å²) >= 11 is 0. The highest BCUT2D eigenvalue weighted by molar-refractivity contribution is 6.32. The number of carbonyl (C=O) groups excluding carboxylic acids is 1. The highest BCUT2D eigenvalue weighted by Crippen LogP contribution is 2.29. The van der Waals surface area contributed by atoms with Gasteiger partial charge in [0.1, 0.15) is 5.75 Å². The molecule has 16 heavy (non-hydrogen) atoms. The maximum atomic E-state index is 11.0. The third-order valence-electron chi connectivity index (χ3n) is 2.59. The molecule has 0 saturated heterocycles. The lowest BCUT2D eigenvalue weighted by Crippen LogP contribution is -2.24. The van der Waals surface area contributed by atoms with Crippen molar-refractivity contribution in [2.45, 2.75) is 18.9 Å². The number of phenols is 1. The van der Waals surface area contributed by atoms with Crippen molar-refractivity contribution in [1.29, 1.82) is 0 Å². The predicted molar refractivity (Wildman–Crippen MR) is 56.5 cm³/mol. The smallest absolute Gasteiger partial charge is 0.372 e. The van der Waals surface area contributed by atoms with Crippen LogP contribution in [0.4, 0.5) is 5.69 Å². The molecule has 1 aliphatic heterocycles. The van der Waals surface area contributed by atoms with Crippen molar-refractivity contribution in [3.8, 4) is 5.75 Å². The van der Waals surface area contributed by atoms with Crippen LogP contribution in [0.15, 0.2) is 18.2 Å². The summed E-state index contributed by atoms with van der Waals surface area (Å²) in [6.45, 7) is 0. The zero-order valence-corrected chi connectivity index (χ0v) is 8.43. The van der Waals surface area contributed by atoms with Crippen molar-refractivity contribution in [3.05, 3.63) is 23.8 Å². The average Bonchev–Trinajstić information content (AvgIpc) is 2.58. The van der Waals surface area contributed by atoms with E-state index in [1.54, 1.807) is 18.2 Å². The molecule has 1 atom stereocenters. The number of aromatic hydroxyl groups is 1. The largest absolute Gasteiger partial charge is 0.508 e. The molecule has 0 spiro atoms. The first-order valence-corrected chi connectivity index (χ1v) is 4.91. The van der Waals surface area contributed by atoms with Gasteiger partial charge in [-0.1, -0.05) is 0 Å². The Labute approximate surface area is 91.7 Å². The first-order valence-electron chi connectivity index (χ1n) is 4.91. The van der Waals surface area contributed by atoms with Crippen molar-refractivity contribution in [2.75, 3.05) is 5.32 Å². The van der Waals surface area contributed by atoms with Crippen LogP contribution < -0.4 is 5.32 Å². The van der Waals surface area contributed by atoms with Crippen LogP contribution in [-0.4, -0.2) is 28.0 Å². The van der Waals surface area contributed by atoms with Gasteiger partial charge in [0.15, 0.2) is 0 Å². The van der Waals surface area contributed by atoms with Crippen molar-refractivity contribution < 1.29 is 19.8 Å². The van der Waals surface area contributed by atoms with E-state index >= 15 is 0 Å². The molecule has 0 fully saturated rings. The Morgan fingerprint density at radius 1 is 1.44 bits per heavy atom. The fourth-order valence-electron chi connectivity index (χ4n) is 1.86. The Morgan fingerprint density at radius 3 is 2.88 bits per heavy atom. The number of fused-ring (bicyclic) bond motifs is 1. The molecule has 1 aliphatic rings. The number of Topliss-reactive ketones (excluding diaryl/α,β-unsaturated/α-hetero) is 1. The van der Waals surface area contributed by atoms with Gasteiger partial charge in [-0.15, -0.1) is 0 Å². The van der Waals surface area contributed by atoms with Crippen LogP contribution in [0.25, 0.3) is 0 Å². The maximum absolute atomic E-state index is 11.0. The minimum Gasteiger partial charge on any atom is -0.508 e. The second kappa shape index (κ2) is 3.84. The second-order valence-electron chi connectivity index (χ2n) is 3.82. The number of benzene rings is 1. The molecule has 2 rings (SSSR count). The minimum atomic E-state index is -1.40. The van der Waals surface area contributed by atoms with Crippen molar-refractivity contribution in [1.82, 2.24) is 0 Å². The maximum Gasteiger partial charge on any atom is 0.372 e. The molecular formula is C11H11NO4. The van der Waals surface area contributed by atoms with Gasteiger partial charge in [0.25, 0.3) is 0 Å². The lowest BCUT2D eigenvalue weighted by molar-refractivity contribution is -0.149. The monoisotopic (exact) mass is 221 g/mol. The number of ketones is 1. The van der Waals surface area contributed by atoms with E-state index in [-0.39, 0.29) is 18.2 Å². The summed E-state index contributed by atoms with van der Waals surface area (Å²) in [5.74, 6) is -2.03. The van der Waals surface area contributed by atoms with Crippen LogP contribution in [0, 0.1) is 0 Å². The summed E-state index contributed by atoms with van der Waals surface area (Å²) in [5.41, 5.74) is 1.75. The number of phenolic OH excluding ortho intramolecular Hbond substituents is 1. The van der Waals surface area contributed by atoms with Gasteiger partial charge in [0.05, 0.1) is 0 Å². The summed E-state index contributed by atoms with van der Waals surface area (Å²) in [6.07, 6.45) is 0.521. The third-order valence-corrected chi connectivity index (χ3v) is 2.59. The van der Waals surface area contributed by atoms with Crippen LogP contribution >= 0.6 is 0 Å². The Balaban J connectivity index is 2.06. The zero-order valence-electron chi connectivity index (χ0n) is 8.43. The van der Waals surface area contributed by atoms with Gasteiger partial charge < -0.3 is 15.5 Å². The van der Waals surface area contributed by atoms with E-state index in [9.17, 15) is 14.7 Å². The van der Waals surface area contributed by atoms with Crippen molar-refractivity contribution in [2.24, 2.45) is 0 Å². The molecule has 84 valence electrons. The molecule has 0 amide bonds. The lowest BCUT2D eigenvalue weighted by Gasteiger charge is -2.07. The number of hydrogen-bond donors (Lipinski definition) is 3. The molecular weight excluding hydrogens is 210 g/mol. The summed E-state index contributed by atoms with van der Waals surface area (Å²) in [5, 5.41) is 20.8. The summed E-state index contributed by atoms with van der Waals surface area (Å²) in [4.78, 5) is 21.4. The van der Waals surface area contributed by atoms with E-state index < -0.39 is 11.8 Å². The number of carboxylic acid groups (broad SMARTS) is 1. The van der Waals surface area contributed by atoms with E-state index in [2.05, 4.69) is 5.32 Å². The zero-order chi connectivity index (χ0) is 11.7. The van der Waals surface area contributed by atoms with Crippen molar-refractivity contribution in [3.63, 3.8) is 0 Å². The fraction of sp³-hybridized carbons (Fsp3) is 0.273. The first kappa shape index (κ1) is 10.5. The molecule has 1 aromatic rings. The third kappa shape index (κ3) is 1.98. The van der Waals surface area contributed by atoms with Crippen LogP contribution in [0.3, 0.4) is 0 Å². The van der Waals surface area contributed by atoms with E-state index in [4.69, 9.17) is 5.11 Å². The number of hydrogen-bond acceptors (Lipinski definition) is 4. The van der Waals surface area contributed by atoms with Gasteiger partial charge in [-0.3, -0.25) is 4.79 Å². The Kier molecular flexibility index (Phi) is 2.52. The number of carboxylic acids is 1.